The predicted octanol–water partition coefficient (Wildman–Crippen LogP) is 3.41. The van der Waals surface area contributed by atoms with Gasteiger partial charge in [-0.25, -0.2) is 0 Å². The minimum absolute atomic E-state index is 0. The highest BCUT2D eigenvalue weighted by Gasteiger charge is 2.35. The van der Waals surface area contributed by atoms with Crippen molar-refractivity contribution in [3.63, 3.8) is 0 Å². The molecule has 2 aliphatic heterocycles. The molecule has 0 amide bonds. The molecule has 30 heavy (non-hydrogen) atoms. The lowest BCUT2D eigenvalue weighted by molar-refractivity contribution is 0.0419. The van der Waals surface area contributed by atoms with Gasteiger partial charge in [0, 0.05) is 44.9 Å². The average Bonchev–Trinajstić information content (AvgIpc) is 3.26. The van der Waals surface area contributed by atoms with Crippen LogP contribution in [0.3, 0.4) is 0 Å². The van der Waals surface area contributed by atoms with Gasteiger partial charge in [0.2, 0.25) is 0 Å². The van der Waals surface area contributed by atoms with Crippen LogP contribution in [0.4, 0.5) is 0 Å². The fraction of sp³-hybridized carbons (Fsp3) is 0.696. The van der Waals surface area contributed by atoms with E-state index in [1.165, 1.54) is 11.1 Å². The average molecular weight is 531 g/mol. The van der Waals surface area contributed by atoms with Crippen LogP contribution in [0.15, 0.2) is 29.3 Å². The summed E-state index contributed by atoms with van der Waals surface area (Å²) < 4.78 is 16.9. The molecule has 2 saturated heterocycles. The molecule has 2 heterocycles. The van der Waals surface area contributed by atoms with Crippen molar-refractivity contribution in [3.05, 3.63) is 35.4 Å². The molecule has 0 bridgehead atoms. The molecule has 0 radical (unpaired) electrons. The second-order valence-electron chi connectivity index (χ2n) is 8.04. The largest absolute Gasteiger partial charge is 0.381 e. The molecule has 0 spiro atoms. The maximum atomic E-state index is 5.85. The molecule has 1 atom stereocenters. The first-order valence-corrected chi connectivity index (χ1v) is 11.1. The van der Waals surface area contributed by atoms with Crippen molar-refractivity contribution in [3.8, 4) is 0 Å². The summed E-state index contributed by atoms with van der Waals surface area (Å²) in [6, 6.07) is 8.72. The summed E-state index contributed by atoms with van der Waals surface area (Å²) in [4.78, 5) is 4.98. The Morgan fingerprint density at radius 1 is 1.17 bits per heavy atom. The second-order valence-corrected chi connectivity index (χ2v) is 8.04. The van der Waals surface area contributed by atoms with Crippen LogP contribution in [0.5, 0.6) is 0 Å². The number of hydrogen-bond donors (Lipinski definition) is 2. The highest BCUT2D eigenvalue weighted by Crippen LogP contribution is 2.37. The third-order valence-electron chi connectivity index (χ3n) is 5.91. The van der Waals surface area contributed by atoms with Crippen LogP contribution in [0, 0.1) is 6.92 Å². The monoisotopic (exact) mass is 531 g/mol. The maximum Gasteiger partial charge on any atom is 0.191 e. The molecule has 0 aromatic heterocycles. The summed E-state index contributed by atoms with van der Waals surface area (Å²) in [6.45, 7) is 10.7. The van der Waals surface area contributed by atoms with Crippen LogP contribution in [0.25, 0.3) is 0 Å². The zero-order valence-corrected chi connectivity index (χ0v) is 20.8. The molecule has 170 valence electrons. The number of nitrogens with one attached hydrogen (secondary N) is 2. The number of nitrogens with zero attached hydrogens (tertiary/aromatic N) is 1. The van der Waals surface area contributed by atoms with Crippen LogP contribution in [-0.4, -0.2) is 64.7 Å². The Morgan fingerprint density at radius 2 is 1.97 bits per heavy atom. The summed E-state index contributed by atoms with van der Waals surface area (Å²) in [6.07, 6.45) is 4.27. The molecule has 2 N–H and O–H groups in total. The molecule has 7 heteroatoms. The first-order valence-electron chi connectivity index (χ1n) is 11.1. The first-order chi connectivity index (χ1) is 14.2. The van der Waals surface area contributed by atoms with Crippen molar-refractivity contribution >= 4 is 29.9 Å². The minimum atomic E-state index is 0. The Kier molecular flexibility index (Phi) is 11.4. The number of aryl methyl sites for hydroxylation is 1. The Bertz CT molecular complexity index is 644. The van der Waals surface area contributed by atoms with E-state index in [9.17, 15) is 0 Å². The van der Waals surface area contributed by atoms with Crippen LogP contribution < -0.4 is 10.6 Å². The van der Waals surface area contributed by atoms with Crippen LogP contribution in [-0.2, 0) is 19.6 Å². The van der Waals surface area contributed by atoms with Gasteiger partial charge < -0.3 is 24.8 Å². The fourth-order valence-electron chi connectivity index (χ4n) is 4.19. The van der Waals surface area contributed by atoms with Crippen LogP contribution in [0.2, 0.25) is 0 Å². The van der Waals surface area contributed by atoms with E-state index in [0.717, 1.165) is 84.3 Å². The van der Waals surface area contributed by atoms with Gasteiger partial charge in [-0.05, 0) is 50.7 Å². The van der Waals surface area contributed by atoms with Gasteiger partial charge in [0.25, 0.3) is 0 Å². The number of benzene rings is 1. The number of halogens is 1. The molecular formula is C23H38IN3O3. The zero-order valence-electron chi connectivity index (χ0n) is 18.5. The predicted molar refractivity (Wildman–Crippen MR) is 132 cm³/mol. The molecule has 2 aliphatic rings. The molecule has 3 rings (SSSR count). The number of hydrogen-bond acceptors (Lipinski definition) is 4. The standard InChI is InChI=1S/C23H37N3O3.HI/c1-3-24-22(25-12-6-13-29-20-9-14-28-17-20)26-18-23(10-15-27-16-11-23)21-8-5-4-7-19(21)2;/h4-5,7-8,20H,3,6,9-18H2,1-2H3,(H2,24,25,26);1H. The van der Waals surface area contributed by atoms with Gasteiger partial charge in [0.15, 0.2) is 5.96 Å². The maximum absolute atomic E-state index is 5.85. The third-order valence-corrected chi connectivity index (χ3v) is 5.91. The van der Waals surface area contributed by atoms with E-state index in [0.29, 0.717) is 0 Å². The summed E-state index contributed by atoms with van der Waals surface area (Å²) >= 11 is 0. The van der Waals surface area contributed by atoms with E-state index in [1.807, 2.05) is 0 Å². The molecule has 0 saturated carbocycles. The number of rotatable bonds is 9. The molecular weight excluding hydrogens is 493 g/mol. The van der Waals surface area contributed by atoms with E-state index < -0.39 is 0 Å². The lowest BCUT2D eigenvalue weighted by Crippen LogP contribution is -2.42. The SMILES string of the molecule is CCNC(=NCC1(c2ccccc2C)CCOCC1)NCCCOC1CCOC1.I. The van der Waals surface area contributed by atoms with Crippen molar-refractivity contribution in [1.82, 2.24) is 10.6 Å². The van der Waals surface area contributed by atoms with E-state index in [4.69, 9.17) is 19.2 Å². The highest BCUT2D eigenvalue weighted by molar-refractivity contribution is 14.0. The quantitative estimate of drug-likeness (QED) is 0.221. The van der Waals surface area contributed by atoms with Gasteiger partial charge in [-0.3, -0.25) is 4.99 Å². The van der Waals surface area contributed by atoms with E-state index in [-0.39, 0.29) is 35.5 Å². The molecule has 1 unspecified atom stereocenters. The number of aliphatic imine (C=N–C) groups is 1. The van der Waals surface area contributed by atoms with Crippen LogP contribution in [0.1, 0.15) is 43.7 Å². The summed E-state index contributed by atoms with van der Waals surface area (Å²) in [5, 5.41) is 6.85. The molecule has 1 aromatic carbocycles. The van der Waals surface area contributed by atoms with Gasteiger partial charge in [0.05, 0.1) is 19.3 Å². The van der Waals surface area contributed by atoms with Gasteiger partial charge in [0.1, 0.15) is 0 Å². The zero-order chi connectivity index (χ0) is 20.4. The van der Waals surface area contributed by atoms with Crippen molar-refractivity contribution in [1.29, 1.82) is 0 Å². The van der Waals surface area contributed by atoms with Crippen LogP contribution >= 0.6 is 24.0 Å². The minimum Gasteiger partial charge on any atom is -0.381 e. The summed E-state index contributed by atoms with van der Waals surface area (Å²) in [5.74, 6) is 0.885. The lowest BCUT2D eigenvalue weighted by atomic mass is 9.72. The van der Waals surface area contributed by atoms with Crippen molar-refractivity contribution in [2.24, 2.45) is 4.99 Å². The second kappa shape index (κ2) is 13.5. The van der Waals surface area contributed by atoms with Crippen molar-refractivity contribution in [2.75, 3.05) is 52.7 Å². The smallest absolute Gasteiger partial charge is 0.191 e. The Labute approximate surface area is 198 Å². The normalized spacial score (nSPS) is 21.1. The molecule has 1 aromatic rings. The van der Waals surface area contributed by atoms with Crippen molar-refractivity contribution < 1.29 is 14.2 Å². The van der Waals surface area contributed by atoms with E-state index in [2.05, 4.69) is 48.7 Å². The lowest BCUT2D eigenvalue weighted by Gasteiger charge is -2.37. The van der Waals surface area contributed by atoms with E-state index in [1.54, 1.807) is 0 Å². The Morgan fingerprint density at radius 3 is 2.67 bits per heavy atom. The van der Waals surface area contributed by atoms with Gasteiger partial charge >= 0.3 is 0 Å². The number of guanidine groups is 1. The van der Waals surface area contributed by atoms with Crippen molar-refractivity contribution in [2.45, 2.75) is 51.0 Å². The third kappa shape index (κ3) is 7.35. The Hall–Kier alpha value is -0.900. The Balaban J connectivity index is 0.00000320. The highest BCUT2D eigenvalue weighted by atomic mass is 127. The summed E-state index contributed by atoms with van der Waals surface area (Å²) in [7, 11) is 0. The molecule has 6 nitrogen and oxygen atoms in total. The van der Waals surface area contributed by atoms with Gasteiger partial charge in [-0.1, -0.05) is 24.3 Å². The fourth-order valence-corrected chi connectivity index (χ4v) is 4.19. The molecule has 2 fully saturated rings. The molecule has 0 aliphatic carbocycles. The van der Waals surface area contributed by atoms with Gasteiger partial charge in [-0.15, -0.1) is 24.0 Å². The first kappa shape index (κ1) is 25.4. The van der Waals surface area contributed by atoms with Gasteiger partial charge in [-0.2, -0.15) is 0 Å². The van der Waals surface area contributed by atoms with E-state index >= 15 is 0 Å². The number of ether oxygens (including phenoxy) is 3. The topological polar surface area (TPSA) is 64.1 Å². The summed E-state index contributed by atoms with van der Waals surface area (Å²) in [5.41, 5.74) is 2.81.